The SMILES string of the molecule is C=CC(=O)O.C=CC(N)=O.O=C1CCCN1. The first-order chi connectivity index (χ1) is 7.43. The smallest absolute Gasteiger partial charge is 0.327 e. The third kappa shape index (κ3) is 17.8. The summed E-state index contributed by atoms with van der Waals surface area (Å²) in [6.07, 6.45) is 3.65. The van der Waals surface area contributed by atoms with Crippen molar-refractivity contribution in [2.24, 2.45) is 5.73 Å². The molecule has 0 aromatic heterocycles. The van der Waals surface area contributed by atoms with Gasteiger partial charge in [-0.05, 0) is 12.5 Å². The number of aliphatic carboxylic acids is 1. The second-order valence-corrected chi connectivity index (χ2v) is 2.60. The number of rotatable bonds is 2. The van der Waals surface area contributed by atoms with Crippen LogP contribution in [0.15, 0.2) is 25.3 Å². The van der Waals surface area contributed by atoms with Crippen molar-refractivity contribution in [2.45, 2.75) is 12.8 Å². The summed E-state index contributed by atoms with van der Waals surface area (Å²) < 4.78 is 0. The van der Waals surface area contributed by atoms with Crippen molar-refractivity contribution in [1.29, 1.82) is 0 Å². The van der Waals surface area contributed by atoms with Gasteiger partial charge in [0.2, 0.25) is 11.8 Å². The number of hydrogen-bond donors (Lipinski definition) is 3. The fourth-order valence-electron chi connectivity index (χ4n) is 0.565. The average Bonchev–Trinajstić information content (AvgIpc) is 2.71. The van der Waals surface area contributed by atoms with E-state index < -0.39 is 11.9 Å². The van der Waals surface area contributed by atoms with E-state index in [4.69, 9.17) is 5.11 Å². The molecule has 1 heterocycles. The number of nitrogens with one attached hydrogen (secondary N) is 1. The average molecular weight is 228 g/mol. The van der Waals surface area contributed by atoms with Crippen LogP contribution in [0.1, 0.15) is 12.8 Å². The topological polar surface area (TPSA) is 109 Å². The summed E-state index contributed by atoms with van der Waals surface area (Å²) in [6, 6.07) is 0. The Morgan fingerprint density at radius 2 is 1.81 bits per heavy atom. The van der Waals surface area contributed by atoms with Crippen LogP contribution in [0.2, 0.25) is 0 Å². The normalized spacial score (nSPS) is 11.9. The Bertz CT molecular complexity index is 248. The quantitative estimate of drug-likeness (QED) is 0.569. The lowest BCUT2D eigenvalue weighted by Crippen LogP contribution is -2.12. The van der Waals surface area contributed by atoms with E-state index in [1.165, 1.54) is 0 Å². The summed E-state index contributed by atoms with van der Waals surface area (Å²) in [5.41, 5.74) is 4.53. The highest BCUT2D eigenvalue weighted by molar-refractivity contribution is 5.85. The fourth-order valence-corrected chi connectivity index (χ4v) is 0.565. The molecule has 0 aromatic carbocycles. The van der Waals surface area contributed by atoms with E-state index in [1.54, 1.807) is 0 Å². The zero-order valence-electron chi connectivity index (χ0n) is 8.94. The molecule has 0 bridgehead atoms. The molecule has 0 atom stereocenters. The summed E-state index contributed by atoms with van der Waals surface area (Å²) in [5.74, 6) is -1.26. The molecule has 0 radical (unpaired) electrons. The summed E-state index contributed by atoms with van der Waals surface area (Å²) in [7, 11) is 0. The van der Waals surface area contributed by atoms with Gasteiger partial charge in [-0.15, -0.1) is 0 Å². The summed E-state index contributed by atoms with van der Waals surface area (Å²) in [6.45, 7) is 6.93. The van der Waals surface area contributed by atoms with E-state index in [2.05, 4.69) is 24.2 Å². The predicted molar refractivity (Wildman–Crippen MR) is 59.5 cm³/mol. The van der Waals surface area contributed by atoms with Gasteiger partial charge in [0.1, 0.15) is 0 Å². The van der Waals surface area contributed by atoms with E-state index in [0.29, 0.717) is 0 Å². The molecule has 16 heavy (non-hydrogen) atoms. The number of nitrogens with two attached hydrogens (primary N) is 1. The minimum Gasteiger partial charge on any atom is -0.478 e. The molecule has 0 aromatic rings. The van der Waals surface area contributed by atoms with Crippen molar-refractivity contribution in [2.75, 3.05) is 6.54 Å². The van der Waals surface area contributed by atoms with E-state index in [1.807, 2.05) is 0 Å². The largest absolute Gasteiger partial charge is 0.478 e. The van der Waals surface area contributed by atoms with Crippen LogP contribution < -0.4 is 11.1 Å². The molecule has 1 rings (SSSR count). The highest BCUT2D eigenvalue weighted by atomic mass is 16.4. The monoisotopic (exact) mass is 228 g/mol. The Balaban J connectivity index is 0. The van der Waals surface area contributed by atoms with Gasteiger partial charge in [0.25, 0.3) is 0 Å². The summed E-state index contributed by atoms with van der Waals surface area (Å²) >= 11 is 0. The minimum absolute atomic E-state index is 0.204. The zero-order chi connectivity index (χ0) is 13.0. The number of hydrogen-bond acceptors (Lipinski definition) is 3. The lowest BCUT2D eigenvalue weighted by Gasteiger charge is -1.80. The van der Waals surface area contributed by atoms with Crippen LogP contribution in [0.25, 0.3) is 0 Å². The molecule has 6 nitrogen and oxygen atoms in total. The first-order valence-electron chi connectivity index (χ1n) is 4.48. The van der Waals surface area contributed by atoms with Gasteiger partial charge in [0, 0.05) is 19.0 Å². The molecule has 0 saturated carbocycles. The van der Waals surface area contributed by atoms with Crippen molar-refractivity contribution in [1.82, 2.24) is 5.32 Å². The van der Waals surface area contributed by atoms with Crippen LogP contribution in [0.3, 0.4) is 0 Å². The van der Waals surface area contributed by atoms with Gasteiger partial charge < -0.3 is 16.2 Å². The fraction of sp³-hybridized carbons (Fsp3) is 0.300. The second kappa shape index (κ2) is 11.0. The van der Waals surface area contributed by atoms with Crippen LogP contribution in [-0.2, 0) is 14.4 Å². The molecule has 0 unspecified atom stereocenters. The van der Waals surface area contributed by atoms with E-state index >= 15 is 0 Å². The molecule has 4 N–H and O–H groups in total. The highest BCUT2D eigenvalue weighted by Gasteiger charge is 2.05. The molecule has 6 heteroatoms. The van der Waals surface area contributed by atoms with Crippen molar-refractivity contribution < 1.29 is 19.5 Å². The van der Waals surface area contributed by atoms with Gasteiger partial charge in [-0.2, -0.15) is 0 Å². The maximum atomic E-state index is 10.1. The number of amides is 2. The predicted octanol–water partition coefficient (Wildman–Crippen LogP) is -0.189. The number of carboxylic acids is 1. The molecule has 0 aliphatic carbocycles. The molecule has 1 aliphatic rings. The number of carboxylic acid groups (broad SMARTS) is 1. The number of carbonyl (C=O) groups is 3. The molecule has 0 spiro atoms. The maximum absolute atomic E-state index is 10.1. The maximum Gasteiger partial charge on any atom is 0.327 e. The Kier molecular flexibility index (Phi) is 11.2. The van der Waals surface area contributed by atoms with Crippen LogP contribution in [-0.4, -0.2) is 29.4 Å². The van der Waals surface area contributed by atoms with E-state index in [0.717, 1.165) is 31.5 Å². The molecule has 2 amide bonds. The lowest BCUT2D eigenvalue weighted by molar-refractivity contribution is -0.131. The number of primary amides is 1. The van der Waals surface area contributed by atoms with Gasteiger partial charge >= 0.3 is 5.97 Å². The van der Waals surface area contributed by atoms with E-state index in [-0.39, 0.29) is 5.91 Å². The minimum atomic E-state index is -0.981. The van der Waals surface area contributed by atoms with Gasteiger partial charge in [-0.1, -0.05) is 13.2 Å². The molecule has 1 aliphatic heterocycles. The molecule has 1 saturated heterocycles. The Morgan fingerprint density at radius 1 is 1.38 bits per heavy atom. The Labute approximate surface area is 93.8 Å². The molecular formula is C10H16N2O4. The number of carbonyl (C=O) groups excluding carboxylic acids is 2. The summed E-state index contributed by atoms with van der Waals surface area (Å²) in [4.78, 5) is 28.9. The molecule has 1 fully saturated rings. The second-order valence-electron chi connectivity index (χ2n) is 2.60. The van der Waals surface area contributed by atoms with Crippen molar-refractivity contribution in [3.63, 3.8) is 0 Å². The van der Waals surface area contributed by atoms with Crippen LogP contribution in [0.5, 0.6) is 0 Å². The van der Waals surface area contributed by atoms with Crippen molar-refractivity contribution in [3.8, 4) is 0 Å². The molecular weight excluding hydrogens is 212 g/mol. The van der Waals surface area contributed by atoms with Crippen LogP contribution in [0.4, 0.5) is 0 Å². The van der Waals surface area contributed by atoms with Crippen LogP contribution >= 0.6 is 0 Å². The standard InChI is InChI=1S/C4H7NO.C3H5NO.C3H4O2/c6-4-2-1-3-5-4;2*1-2-3(4)5/h1-3H2,(H,5,6);2H,1H2,(H2,4,5);2H,1H2,(H,4,5). The summed E-state index contributed by atoms with van der Waals surface area (Å²) in [5, 5.41) is 10.3. The lowest BCUT2D eigenvalue weighted by atomic mass is 10.4. The third-order valence-electron chi connectivity index (χ3n) is 1.28. The highest BCUT2D eigenvalue weighted by Crippen LogP contribution is 1.93. The Hall–Kier alpha value is -2.11. The van der Waals surface area contributed by atoms with Crippen molar-refractivity contribution >= 4 is 17.8 Å². The van der Waals surface area contributed by atoms with Gasteiger partial charge in [0.15, 0.2) is 0 Å². The first kappa shape index (κ1) is 16.3. The van der Waals surface area contributed by atoms with Crippen LogP contribution in [0, 0.1) is 0 Å². The van der Waals surface area contributed by atoms with E-state index in [9.17, 15) is 14.4 Å². The van der Waals surface area contributed by atoms with Gasteiger partial charge in [-0.25, -0.2) is 4.79 Å². The molecule has 90 valence electrons. The third-order valence-corrected chi connectivity index (χ3v) is 1.28. The van der Waals surface area contributed by atoms with Gasteiger partial charge in [0.05, 0.1) is 0 Å². The zero-order valence-corrected chi connectivity index (χ0v) is 8.94. The Morgan fingerprint density at radius 3 is 1.88 bits per heavy atom. The first-order valence-corrected chi connectivity index (χ1v) is 4.48. The van der Waals surface area contributed by atoms with Gasteiger partial charge in [-0.3, -0.25) is 9.59 Å². The van der Waals surface area contributed by atoms with Crippen molar-refractivity contribution in [3.05, 3.63) is 25.3 Å².